The van der Waals surface area contributed by atoms with Crippen LogP contribution in [0, 0.1) is 0 Å². The fourth-order valence-corrected chi connectivity index (χ4v) is 5.72. The SMILES string of the molecule is CCOC1(C(Cl)CO)c2ccccc2[Se]c2ccccc21. The van der Waals surface area contributed by atoms with Crippen LogP contribution in [0.2, 0.25) is 0 Å². The third kappa shape index (κ3) is 2.34. The number of hydrogen-bond acceptors (Lipinski definition) is 2. The van der Waals surface area contributed by atoms with Gasteiger partial charge in [0.1, 0.15) is 0 Å². The van der Waals surface area contributed by atoms with Gasteiger partial charge in [0.2, 0.25) is 0 Å². The number of ether oxygens (including phenoxy) is 1. The number of aliphatic hydroxyl groups is 1. The molecule has 2 aromatic rings. The number of rotatable bonds is 4. The van der Waals surface area contributed by atoms with Gasteiger partial charge < -0.3 is 0 Å². The van der Waals surface area contributed by atoms with Gasteiger partial charge in [-0.3, -0.25) is 0 Å². The van der Waals surface area contributed by atoms with Crippen LogP contribution in [0.15, 0.2) is 48.5 Å². The Balaban J connectivity index is 2.30. The van der Waals surface area contributed by atoms with E-state index in [0.29, 0.717) is 6.61 Å². The zero-order valence-electron chi connectivity index (χ0n) is 11.8. The first kappa shape index (κ1) is 15.1. The van der Waals surface area contributed by atoms with Crippen molar-refractivity contribution in [1.82, 2.24) is 0 Å². The Morgan fingerprint density at radius 2 is 1.62 bits per heavy atom. The van der Waals surface area contributed by atoms with E-state index in [-0.39, 0.29) is 21.6 Å². The van der Waals surface area contributed by atoms with Crippen LogP contribution in [-0.2, 0) is 10.3 Å². The summed E-state index contributed by atoms with van der Waals surface area (Å²) in [6.07, 6.45) is 0. The Hall–Kier alpha value is -0.831. The minimum absolute atomic E-state index is 0.128. The minimum atomic E-state index is -0.766. The third-order valence-corrected chi connectivity index (χ3v) is 6.63. The standard InChI is InChI=1S/C17H17ClO2Se/c1-2-20-17(16(18)11-19)12-7-3-5-9-14(12)21-15-10-6-4-8-13(15)17/h3-10,16,19H,2,11H2,1H3. The van der Waals surface area contributed by atoms with Gasteiger partial charge in [0.25, 0.3) is 0 Å². The molecule has 0 fully saturated rings. The summed E-state index contributed by atoms with van der Waals surface area (Å²) < 4.78 is 8.74. The molecular formula is C17H17ClO2Se. The Kier molecular flexibility index (Phi) is 4.39. The van der Waals surface area contributed by atoms with Crippen molar-refractivity contribution in [3.63, 3.8) is 0 Å². The summed E-state index contributed by atoms with van der Waals surface area (Å²) >= 11 is 6.80. The van der Waals surface area contributed by atoms with Crippen LogP contribution in [0.25, 0.3) is 0 Å². The second kappa shape index (κ2) is 6.12. The van der Waals surface area contributed by atoms with E-state index in [1.165, 1.54) is 8.92 Å². The number of alkyl halides is 1. The molecule has 0 amide bonds. The van der Waals surface area contributed by atoms with Crippen molar-refractivity contribution in [3.8, 4) is 0 Å². The molecule has 110 valence electrons. The predicted molar refractivity (Wildman–Crippen MR) is 87.0 cm³/mol. The van der Waals surface area contributed by atoms with E-state index in [9.17, 15) is 5.11 Å². The van der Waals surface area contributed by atoms with E-state index in [1.807, 2.05) is 31.2 Å². The zero-order chi connectivity index (χ0) is 14.9. The molecule has 0 bridgehead atoms. The van der Waals surface area contributed by atoms with Crippen LogP contribution in [0.3, 0.4) is 0 Å². The average molecular weight is 368 g/mol. The number of halogens is 1. The number of fused-ring (bicyclic) bond motifs is 2. The fraction of sp³-hybridized carbons (Fsp3) is 0.294. The molecule has 0 spiro atoms. The molecule has 4 heteroatoms. The Morgan fingerprint density at radius 1 is 1.10 bits per heavy atom. The normalized spacial score (nSPS) is 16.9. The molecule has 1 N–H and O–H groups in total. The van der Waals surface area contributed by atoms with Crippen LogP contribution >= 0.6 is 11.6 Å². The van der Waals surface area contributed by atoms with Crippen LogP contribution in [-0.4, -0.2) is 38.7 Å². The van der Waals surface area contributed by atoms with Crippen molar-refractivity contribution in [2.24, 2.45) is 0 Å². The van der Waals surface area contributed by atoms with Crippen molar-refractivity contribution in [3.05, 3.63) is 59.7 Å². The molecule has 2 aromatic carbocycles. The molecule has 0 aliphatic carbocycles. The van der Waals surface area contributed by atoms with E-state index >= 15 is 0 Å². The van der Waals surface area contributed by atoms with E-state index in [2.05, 4.69) is 24.3 Å². The van der Waals surface area contributed by atoms with Crippen molar-refractivity contribution < 1.29 is 9.84 Å². The summed E-state index contributed by atoms with van der Waals surface area (Å²) in [6.45, 7) is 2.38. The van der Waals surface area contributed by atoms with Crippen LogP contribution < -0.4 is 8.92 Å². The maximum absolute atomic E-state index is 9.72. The summed E-state index contributed by atoms with van der Waals surface area (Å²) in [5, 5.41) is 9.21. The third-order valence-electron chi connectivity index (χ3n) is 3.77. The molecule has 0 saturated carbocycles. The van der Waals surface area contributed by atoms with E-state index in [4.69, 9.17) is 16.3 Å². The topological polar surface area (TPSA) is 29.5 Å². The molecule has 1 aliphatic rings. The van der Waals surface area contributed by atoms with Gasteiger partial charge in [0, 0.05) is 0 Å². The van der Waals surface area contributed by atoms with Gasteiger partial charge in [0.05, 0.1) is 0 Å². The molecule has 0 saturated heterocycles. The molecule has 1 heterocycles. The molecule has 2 nitrogen and oxygen atoms in total. The van der Waals surface area contributed by atoms with Crippen molar-refractivity contribution in [1.29, 1.82) is 0 Å². The van der Waals surface area contributed by atoms with Crippen LogP contribution in [0.4, 0.5) is 0 Å². The number of hydrogen-bond donors (Lipinski definition) is 1. The predicted octanol–water partition coefficient (Wildman–Crippen LogP) is 1.53. The van der Waals surface area contributed by atoms with Gasteiger partial charge >= 0.3 is 136 Å². The van der Waals surface area contributed by atoms with E-state index < -0.39 is 11.0 Å². The summed E-state index contributed by atoms with van der Waals surface area (Å²) in [7, 11) is 0. The van der Waals surface area contributed by atoms with Gasteiger partial charge in [-0.15, -0.1) is 0 Å². The quantitative estimate of drug-likeness (QED) is 0.656. The Labute approximate surface area is 136 Å². The second-order valence-corrected chi connectivity index (χ2v) is 7.71. The van der Waals surface area contributed by atoms with Crippen molar-refractivity contribution >= 4 is 35.5 Å². The first-order chi connectivity index (χ1) is 10.2. The van der Waals surface area contributed by atoms with Crippen molar-refractivity contribution in [2.75, 3.05) is 13.2 Å². The van der Waals surface area contributed by atoms with Crippen LogP contribution in [0.5, 0.6) is 0 Å². The fourth-order valence-electron chi connectivity index (χ4n) is 2.93. The molecule has 3 rings (SSSR count). The van der Waals surface area contributed by atoms with Crippen LogP contribution in [0.1, 0.15) is 18.1 Å². The second-order valence-electron chi connectivity index (χ2n) is 4.91. The van der Waals surface area contributed by atoms with Gasteiger partial charge in [0.15, 0.2) is 0 Å². The first-order valence-electron chi connectivity index (χ1n) is 6.99. The molecule has 1 unspecified atom stereocenters. The molecular weight excluding hydrogens is 351 g/mol. The van der Waals surface area contributed by atoms with Crippen molar-refractivity contribution in [2.45, 2.75) is 17.9 Å². The summed E-state index contributed by atoms with van der Waals surface area (Å²) in [5.41, 5.74) is 1.43. The van der Waals surface area contributed by atoms with Gasteiger partial charge in [-0.1, -0.05) is 0 Å². The van der Waals surface area contributed by atoms with E-state index in [1.54, 1.807) is 0 Å². The number of benzene rings is 2. The molecule has 1 aliphatic heterocycles. The van der Waals surface area contributed by atoms with E-state index in [0.717, 1.165) is 11.1 Å². The Morgan fingerprint density at radius 3 is 2.10 bits per heavy atom. The first-order valence-corrected chi connectivity index (χ1v) is 9.14. The molecule has 21 heavy (non-hydrogen) atoms. The number of aliphatic hydroxyl groups excluding tert-OH is 1. The van der Waals surface area contributed by atoms with Gasteiger partial charge in [-0.25, -0.2) is 0 Å². The molecule has 1 atom stereocenters. The summed E-state index contributed by atoms with van der Waals surface area (Å²) in [6, 6.07) is 16.6. The average Bonchev–Trinajstić information content (AvgIpc) is 2.54. The summed E-state index contributed by atoms with van der Waals surface area (Å²) in [4.78, 5) is 0. The molecule has 0 aromatic heterocycles. The molecule has 0 radical (unpaired) electrons. The zero-order valence-corrected chi connectivity index (χ0v) is 14.2. The van der Waals surface area contributed by atoms with Gasteiger partial charge in [-0.2, -0.15) is 0 Å². The monoisotopic (exact) mass is 368 g/mol. The summed E-state index contributed by atoms with van der Waals surface area (Å²) in [5.74, 6) is 0. The van der Waals surface area contributed by atoms with Gasteiger partial charge in [-0.05, 0) is 0 Å². The maximum atomic E-state index is 9.72. The Bertz CT molecular complexity index is 599.